The van der Waals surface area contributed by atoms with Gasteiger partial charge in [0.1, 0.15) is 23.0 Å². The predicted octanol–water partition coefficient (Wildman–Crippen LogP) is 15.9. The van der Waals surface area contributed by atoms with Crippen LogP contribution in [0.5, 0.6) is 0 Å². The van der Waals surface area contributed by atoms with Crippen molar-refractivity contribution in [3.8, 4) is 22.3 Å². The minimum absolute atomic E-state index is 0.0592. The van der Waals surface area contributed by atoms with Gasteiger partial charge in [0, 0.05) is 43.3 Å². The molecule has 2 heterocycles. The number of aryl methyl sites for hydroxylation is 2. The van der Waals surface area contributed by atoms with E-state index in [2.05, 4.69) is 178 Å². The van der Waals surface area contributed by atoms with Crippen molar-refractivity contribution in [3.63, 3.8) is 0 Å². The number of allylic oxidation sites excluding steroid dienone is 2. The summed E-state index contributed by atoms with van der Waals surface area (Å²) >= 11 is -0.826. The Labute approximate surface area is 367 Å². The van der Waals surface area contributed by atoms with Gasteiger partial charge in [-0.1, -0.05) is 114 Å². The van der Waals surface area contributed by atoms with Crippen LogP contribution in [0, 0.1) is 27.7 Å². The number of hydrogen-bond donors (Lipinski definition) is 0. The maximum absolute atomic E-state index is 6.72. The van der Waals surface area contributed by atoms with Crippen LogP contribution in [0.2, 0.25) is 12.1 Å². The molecule has 6 heteroatoms. The summed E-state index contributed by atoms with van der Waals surface area (Å²) in [4.78, 5) is 0. The van der Waals surface area contributed by atoms with Gasteiger partial charge in [0.2, 0.25) is 0 Å². The summed E-state index contributed by atoms with van der Waals surface area (Å²) in [7, 11) is 10.6. The molecule has 58 heavy (non-hydrogen) atoms. The Morgan fingerprint density at radius 2 is 0.914 bits per heavy atom. The van der Waals surface area contributed by atoms with Gasteiger partial charge >= 0.3 is 37.9 Å². The molecule has 0 fully saturated rings. The maximum atomic E-state index is 6.72. The fourth-order valence-corrected chi connectivity index (χ4v) is 10.3. The third kappa shape index (κ3) is 8.47. The van der Waals surface area contributed by atoms with Crippen LogP contribution in [0.15, 0.2) is 106 Å². The second-order valence-corrected chi connectivity index (χ2v) is 23.0. The van der Waals surface area contributed by atoms with Gasteiger partial charge in [-0.2, -0.15) is 0 Å². The van der Waals surface area contributed by atoms with Crippen LogP contribution in [0.1, 0.15) is 121 Å². The van der Waals surface area contributed by atoms with Crippen molar-refractivity contribution >= 4 is 49.8 Å². The van der Waals surface area contributed by atoms with Gasteiger partial charge < -0.3 is 8.83 Å². The zero-order chi connectivity index (χ0) is 41.5. The van der Waals surface area contributed by atoms with Gasteiger partial charge in [-0.25, -0.2) is 0 Å². The summed E-state index contributed by atoms with van der Waals surface area (Å²) in [5.41, 5.74) is 18.7. The molecule has 4 aromatic carbocycles. The SMILES string of the molecule is Cc1cc2c(c(-c3ccccc3)c1C)C=C(c1ccc(C(C)(C)C)o1)C2C[Si]CC1C(c2ccc(C(C)(C)C)o2)=Cc2c1cc(C)c(C)c2-c1ccccc1.[Cl][Zr][Cl]. The molecule has 0 bridgehead atoms. The monoisotopic (exact) mass is 898 g/mol. The van der Waals surface area contributed by atoms with Crippen LogP contribution in [-0.4, -0.2) is 9.52 Å². The second-order valence-electron chi connectivity index (χ2n) is 18.0. The van der Waals surface area contributed by atoms with Crippen molar-refractivity contribution < 1.29 is 29.7 Å². The molecular weight excluding hydrogens is 847 g/mol. The number of rotatable bonds is 8. The van der Waals surface area contributed by atoms with Crippen LogP contribution in [0.25, 0.3) is 45.6 Å². The van der Waals surface area contributed by atoms with E-state index in [4.69, 9.17) is 25.9 Å². The molecule has 0 spiro atoms. The zero-order valence-electron chi connectivity index (χ0n) is 35.5. The Kier molecular flexibility index (Phi) is 12.7. The first-order valence-electron chi connectivity index (χ1n) is 20.3. The molecule has 2 aliphatic rings. The normalized spacial score (nSPS) is 16.0. The van der Waals surface area contributed by atoms with E-state index >= 15 is 0 Å². The molecular formula is C52H54Cl2O2SiZr. The van der Waals surface area contributed by atoms with E-state index < -0.39 is 20.8 Å². The van der Waals surface area contributed by atoms with Gasteiger partial charge in [-0.15, -0.1) is 0 Å². The van der Waals surface area contributed by atoms with Crippen molar-refractivity contribution in [1.82, 2.24) is 0 Å². The zero-order valence-corrected chi connectivity index (χ0v) is 40.5. The predicted molar refractivity (Wildman–Crippen MR) is 246 cm³/mol. The van der Waals surface area contributed by atoms with E-state index in [0.717, 1.165) is 44.6 Å². The quantitative estimate of drug-likeness (QED) is 0.142. The first kappa shape index (κ1) is 42.7. The van der Waals surface area contributed by atoms with E-state index in [1.54, 1.807) is 0 Å². The fraction of sp³-hybridized carbons (Fsp3) is 0.308. The molecule has 296 valence electrons. The van der Waals surface area contributed by atoms with Gasteiger partial charge in [-0.05, 0) is 143 Å². The number of benzene rings is 4. The molecule has 8 rings (SSSR count). The Hall–Kier alpha value is -3.40. The van der Waals surface area contributed by atoms with E-state index in [-0.39, 0.29) is 22.7 Å². The van der Waals surface area contributed by atoms with Crippen molar-refractivity contribution in [1.29, 1.82) is 0 Å². The first-order valence-corrected chi connectivity index (χ1v) is 28.1. The summed E-state index contributed by atoms with van der Waals surface area (Å²) in [5.74, 6) is 4.56. The number of hydrogen-bond acceptors (Lipinski definition) is 2. The van der Waals surface area contributed by atoms with E-state index in [1.165, 1.54) is 77.9 Å². The molecule has 2 aliphatic carbocycles. The molecule has 0 saturated heterocycles. The average molecular weight is 901 g/mol. The number of fused-ring (bicyclic) bond motifs is 2. The second kappa shape index (κ2) is 17.3. The van der Waals surface area contributed by atoms with Gasteiger partial charge in [-0.3, -0.25) is 0 Å². The third-order valence-corrected chi connectivity index (χ3v) is 13.4. The summed E-state index contributed by atoms with van der Waals surface area (Å²) in [6.45, 7) is 22.5. The van der Waals surface area contributed by atoms with E-state index in [9.17, 15) is 0 Å². The molecule has 2 aromatic heterocycles. The van der Waals surface area contributed by atoms with Crippen molar-refractivity contribution in [2.45, 2.75) is 104 Å². The van der Waals surface area contributed by atoms with E-state index in [1.807, 2.05) is 0 Å². The minimum atomic E-state index is -0.826. The van der Waals surface area contributed by atoms with Crippen LogP contribution in [0.4, 0.5) is 0 Å². The molecule has 0 saturated carbocycles. The number of furan rings is 2. The van der Waals surface area contributed by atoms with E-state index in [0.29, 0.717) is 0 Å². The Morgan fingerprint density at radius 1 is 0.552 bits per heavy atom. The van der Waals surface area contributed by atoms with Crippen molar-refractivity contribution in [3.05, 3.63) is 165 Å². The molecule has 0 N–H and O–H groups in total. The van der Waals surface area contributed by atoms with Crippen molar-refractivity contribution in [2.75, 3.05) is 0 Å². The standard InChI is InChI=1S/C52H54O2Si.2ClH.Zr/c1-31-25-37-41(49(33(31)3)35-17-13-11-14-18-35)27-39(45-21-23-47(53-45)51(5,6)7)43(37)29-55-30-44-38-26-32(2)34(4)50(36-19-15-12-16-20-36)42(38)28-40(44)46-22-24-48(54-46)52(8,9)10;;;/h11-28,43-44H,29-30H2,1-10H3;2*1H;/q;;;+2/p-2. The fourth-order valence-electron chi connectivity index (χ4n) is 8.70. The summed E-state index contributed by atoms with van der Waals surface area (Å²) in [6.07, 6.45) is 4.91. The van der Waals surface area contributed by atoms with Crippen LogP contribution >= 0.6 is 17.0 Å². The number of halogens is 2. The summed E-state index contributed by atoms with van der Waals surface area (Å²) < 4.78 is 13.4. The third-order valence-electron chi connectivity index (χ3n) is 12.0. The molecule has 6 aromatic rings. The Balaban J connectivity index is 0.00000166. The topological polar surface area (TPSA) is 26.3 Å². The molecule has 0 aliphatic heterocycles. The summed E-state index contributed by atoms with van der Waals surface area (Å²) in [6, 6.07) is 37.7. The van der Waals surface area contributed by atoms with Crippen LogP contribution in [-0.2, 0) is 31.7 Å². The van der Waals surface area contributed by atoms with Crippen LogP contribution in [0.3, 0.4) is 0 Å². The van der Waals surface area contributed by atoms with Crippen LogP contribution < -0.4 is 0 Å². The molecule has 2 radical (unpaired) electrons. The first-order chi connectivity index (χ1) is 27.6. The summed E-state index contributed by atoms with van der Waals surface area (Å²) in [5, 5.41) is 0. The van der Waals surface area contributed by atoms with Gasteiger partial charge in [0.15, 0.2) is 0 Å². The molecule has 2 nitrogen and oxygen atoms in total. The Bertz CT molecular complexity index is 2320. The average Bonchev–Trinajstić information content (AvgIpc) is 4.00. The van der Waals surface area contributed by atoms with Gasteiger partial charge in [0.25, 0.3) is 0 Å². The molecule has 0 amide bonds. The molecule has 2 atom stereocenters. The Morgan fingerprint density at radius 3 is 1.24 bits per heavy atom. The van der Waals surface area contributed by atoms with Crippen molar-refractivity contribution in [2.24, 2.45) is 0 Å². The van der Waals surface area contributed by atoms with Gasteiger partial charge in [0.05, 0.1) is 0 Å². The molecule has 2 unspecified atom stereocenters.